The molecule has 0 radical (unpaired) electrons. The lowest BCUT2D eigenvalue weighted by Crippen LogP contribution is -2.13. The average Bonchev–Trinajstić information content (AvgIpc) is 2.63. The van der Waals surface area contributed by atoms with Crippen LogP contribution in [0.15, 0.2) is 77.3 Å². The van der Waals surface area contributed by atoms with Gasteiger partial charge in [-0.15, -0.1) is 0 Å². The maximum Gasteiger partial charge on any atom is 0.255 e. The molecule has 0 saturated carbocycles. The molecule has 1 amide bonds. The van der Waals surface area contributed by atoms with Gasteiger partial charge in [0.1, 0.15) is 18.2 Å². The molecule has 0 heterocycles. The van der Waals surface area contributed by atoms with E-state index >= 15 is 0 Å². The molecule has 0 saturated heterocycles. The summed E-state index contributed by atoms with van der Waals surface area (Å²) in [6.45, 7) is 0.410. The third-order valence-corrected chi connectivity index (χ3v) is 4.04. The van der Waals surface area contributed by atoms with Gasteiger partial charge in [-0.25, -0.2) is 4.39 Å². The monoisotopic (exact) mass is 399 g/mol. The second kappa shape index (κ2) is 7.94. The van der Waals surface area contributed by atoms with Crippen LogP contribution in [0.4, 0.5) is 10.1 Å². The topological polar surface area (TPSA) is 38.3 Å². The molecule has 0 atom stereocenters. The van der Waals surface area contributed by atoms with Crippen molar-refractivity contribution in [2.75, 3.05) is 5.32 Å². The number of halogens is 2. The maximum absolute atomic E-state index is 13.8. The van der Waals surface area contributed by atoms with E-state index in [0.29, 0.717) is 16.6 Å². The largest absolute Gasteiger partial charge is 0.489 e. The number of hydrogen-bond donors (Lipinski definition) is 1. The van der Waals surface area contributed by atoms with Gasteiger partial charge in [0.15, 0.2) is 0 Å². The number of ether oxygens (including phenoxy) is 1. The van der Waals surface area contributed by atoms with Crippen molar-refractivity contribution in [3.05, 3.63) is 94.2 Å². The van der Waals surface area contributed by atoms with Crippen LogP contribution in [0.25, 0.3) is 0 Å². The maximum atomic E-state index is 13.8. The molecule has 1 N–H and O–H groups in total. The minimum Gasteiger partial charge on any atom is -0.489 e. The van der Waals surface area contributed by atoms with Gasteiger partial charge in [0.25, 0.3) is 5.91 Å². The van der Waals surface area contributed by atoms with Crippen LogP contribution in [-0.4, -0.2) is 5.91 Å². The molecule has 3 rings (SSSR count). The molecular weight excluding hydrogens is 385 g/mol. The van der Waals surface area contributed by atoms with Gasteiger partial charge in [0.05, 0.1) is 5.69 Å². The molecule has 0 aliphatic rings. The Kier molecular flexibility index (Phi) is 5.46. The highest BCUT2D eigenvalue weighted by Crippen LogP contribution is 2.20. The van der Waals surface area contributed by atoms with Gasteiger partial charge in [0, 0.05) is 10.0 Å². The smallest absolute Gasteiger partial charge is 0.255 e. The highest BCUT2D eigenvalue weighted by atomic mass is 79.9. The first-order chi connectivity index (χ1) is 12.1. The summed E-state index contributed by atoms with van der Waals surface area (Å²) < 4.78 is 20.1. The van der Waals surface area contributed by atoms with Gasteiger partial charge in [0.2, 0.25) is 0 Å². The van der Waals surface area contributed by atoms with E-state index in [0.717, 1.165) is 11.3 Å². The van der Waals surface area contributed by atoms with Crippen molar-refractivity contribution in [1.82, 2.24) is 0 Å². The number of carbonyl (C=O) groups is 1. The van der Waals surface area contributed by atoms with Crippen LogP contribution in [-0.2, 0) is 6.61 Å². The number of para-hydroxylation sites is 1. The first-order valence-electron chi connectivity index (χ1n) is 7.65. The summed E-state index contributed by atoms with van der Waals surface area (Å²) in [5.74, 6) is -0.0672. The molecule has 0 spiro atoms. The second-order valence-corrected chi connectivity index (χ2v) is 6.29. The Bertz CT molecular complexity index is 867. The van der Waals surface area contributed by atoms with Crippen molar-refractivity contribution in [2.24, 2.45) is 0 Å². The summed E-state index contributed by atoms with van der Waals surface area (Å²) in [4.78, 5) is 12.2. The van der Waals surface area contributed by atoms with E-state index in [2.05, 4.69) is 21.2 Å². The third-order valence-electron chi connectivity index (χ3n) is 3.54. The highest BCUT2D eigenvalue weighted by molar-refractivity contribution is 9.10. The van der Waals surface area contributed by atoms with Gasteiger partial charge in [-0.3, -0.25) is 4.79 Å². The Morgan fingerprint density at radius 1 is 1.00 bits per heavy atom. The van der Waals surface area contributed by atoms with Gasteiger partial charge in [-0.2, -0.15) is 0 Å². The molecule has 0 aliphatic heterocycles. The van der Waals surface area contributed by atoms with Crippen molar-refractivity contribution in [3.8, 4) is 5.75 Å². The summed E-state index contributed by atoms with van der Waals surface area (Å²) in [6.07, 6.45) is 0. The van der Waals surface area contributed by atoms with Gasteiger partial charge >= 0.3 is 0 Å². The van der Waals surface area contributed by atoms with Gasteiger partial charge < -0.3 is 10.1 Å². The number of anilines is 1. The molecule has 0 unspecified atom stereocenters. The normalized spacial score (nSPS) is 10.3. The van der Waals surface area contributed by atoms with Crippen LogP contribution in [0.3, 0.4) is 0 Å². The molecule has 0 bridgehead atoms. The SMILES string of the molecule is O=C(Nc1ccc(Br)cc1F)c1ccc(COc2ccccc2)cc1. The second-order valence-electron chi connectivity index (χ2n) is 5.38. The Balaban J connectivity index is 1.62. The molecule has 3 aromatic rings. The molecular formula is C20H15BrFNO2. The number of hydrogen-bond acceptors (Lipinski definition) is 2. The van der Waals surface area contributed by atoms with Crippen LogP contribution in [0.1, 0.15) is 15.9 Å². The van der Waals surface area contributed by atoms with E-state index in [1.807, 2.05) is 42.5 Å². The Morgan fingerprint density at radius 3 is 2.40 bits per heavy atom. The van der Waals surface area contributed by atoms with Crippen LogP contribution >= 0.6 is 15.9 Å². The molecule has 0 aliphatic carbocycles. The van der Waals surface area contributed by atoms with Crippen molar-refractivity contribution in [1.29, 1.82) is 0 Å². The molecule has 3 aromatic carbocycles. The van der Waals surface area contributed by atoms with E-state index in [4.69, 9.17) is 4.74 Å². The fourth-order valence-corrected chi connectivity index (χ4v) is 2.55. The molecule has 0 aromatic heterocycles. The summed E-state index contributed by atoms with van der Waals surface area (Å²) in [5.41, 5.74) is 1.53. The van der Waals surface area contributed by atoms with Crippen LogP contribution in [0.2, 0.25) is 0 Å². The summed E-state index contributed by atoms with van der Waals surface area (Å²) in [6, 6.07) is 21.0. The third kappa shape index (κ3) is 4.67. The van der Waals surface area contributed by atoms with Gasteiger partial charge in [-0.05, 0) is 48.0 Å². The highest BCUT2D eigenvalue weighted by Gasteiger charge is 2.09. The Morgan fingerprint density at radius 2 is 1.72 bits per heavy atom. The number of benzene rings is 3. The van der Waals surface area contributed by atoms with Crippen LogP contribution in [0, 0.1) is 5.82 Å². The minimum atomic E-state index is -0.490. The van der Waals surface area contributed by atoms with E-state index in [1.54, 1.807) is 18.2 Å². The van der Waals surface area contributed by atoms with E-state index < -0.39 is 5.82 Å². The first-order valence-corrected chi connectivity index (χ1v) is 8.44. The summed E-state index contributed by atoms with van der Waals surface area (Å²) in [5, 5.41) is 2.57. The van der Waals surface area contributed by atoms with Crippen LogP contribution in [0.5, 0.6) is 5.75 Å². The average molecular weight is 400 g/mol. The minimum absolute atomic E-state index is 0.143. The number of nitrogens with one attached hydrogen (secondary N) is 1. The quantitative estimate of drug-likeness (QED) is 0.621. The van der Waals surface area contributed by atoms with Crippen molar-refractivity contribution >= 4 is 27.5 Å². The fraction of sp³-hybridized carbons (Fsp3) is 0.0500. The Hall–Kier alpha value is -2.66. The lowest BCUT2D eigenvalue weighted by atomic mass is 10.1. The lowest BCUT2D eigenvalue weighted by Gasteiger charge is -2.08. The lowest BCUT2D eigenvalue weighted by molar-refractivity contribution is 0.102. The zero-order valence-corrected chi connectivity index (χ0v) is 14.8. The Labute approximate surface area is 153 Å². The molecule has 0 fully saturated rings. The summed E-state index contributed by atoms with van der Waals surface area (Å²) in [7, 11) is 0. The van der Waals surface area contributed by atoms with E-state index in [1.165, 1.54) is 12.1 Å². The number of carbonyl (C=O) groups excluding carboxylic acids is 1. The zero-order chi connectivity index (χ0) is 17.6. The predicted molar refractivity (Wildman–Crippen MR) is 99.3 cm³/mol. The van der Waals surface area contributed by atoms with Crippen molar-refractivity contribution in [2.45, 2.75) is 6.61 Å². The summed E-state index contributed by atoms with van der Waals surface area (Å²) >= 11 is 3.18. The van der Waals surface area contributed by atoms with Gasteiger partial charge in [-0.1, -0.05) is 46.3 Å². The standard InChI is InChI=1S/C20H15BrFNO2/c21-16-10-11-19(18(22)12-16)23-20(24)15-8-6-14(7-9-15)13-25-17-4-2-1-3-5-17/h1-12H,13H2,(H,23,24). The molecule has 5 heteroatoms. The molecule has 25 heavy (non-hydrogen) atoms. The van der Waals surface area contributed by atoms with Crippen LogP contribution < -0.4 is 10.1 Å². The number of rotatable bonds is 5. The zero-order valence-electron chi connectivity index (χ0n) is 13.2. The van der Waals surface area contributed by atoms with Crippen molar-refractivity contribution in [3.63, 3.8) is 0 Å². The fourth-order valence-electron chi connectivity index (χ4n) is 2.22. The first kappa shape index (κ1) is 17.2. The molecule has 3 nitrogen and oxygen atoms in total. The van der Waals surface area contributed by atoms with E-state index in [-0.39, 0.29) is 11.6 Å². The van der Waals surface area contributed by atoms with Crippen molar-refractivity contribution < 1.29 is 13.9 Å². The number of amides is 1. The molecule has 126 valence electrons. The van der Waals surface area contributed by atoms with E-state index in [9.17, 15) is 9.18 Å². The predicted octanol–water partition coefficient (Wildman–Crippen LogP) is 5.42.